The van der Waals surface area contributed by atoms with Crippen molar-refractivity contribution in [3.8, 4) is 0 Å². The van der Waals surface area contributed by atoms with Crippen molar-refractivity contribution in [2.75, 3.05) is 32.8 Å². The van der Waals surface area contributed by atoms with Crippen molar-refractivity contribution in [2.24, 2.45) is 10.8 Å². The first-order valence-corrected chi connectivity index (χ1v) is 16.8. The molecule has 3 N–H and O–H groups in total. The number of hydrogen-bond donors (Lipinski definition) is 3. The van der Waals surface area contributed by atoms with E-state index in [-0.39, 0.29) is 28.5 Å². The quantitative estimate of drug-likeness (QED) is 0.188. The largest absolute Gasteiger partial charge is 0.481 e. The number of carboxylic acid groups (broad SMARTS) is 2. The third-order valence-electron chi connectivity index (χ3n) is 11.0. The Kier molecular flexibility index (Phi) is 10.5. The van der Waals surface area contributed by atoms with Crippen molar-refractivity contribution < 1.29 is 24.5 Å². The van der Waals surface area contributed by atoms with E-state index in [1.54, 1.807) is 39.0 Å². The van der Waals surface area contributed by atoms with E-state index in [0.717, 1.165) is 32.5 Å². The summed E-state index contributed by atoms with van der Waals surface area (Å²) in [4.78, 5) is 28.6. The van der Waals surface area contributed by atoms with Gasteiger partial charge in [0, 0.05) is 36.6 Å². The molecule has 2 fully saturated rings. The van der Waals surface area contributed by atoms with Crippen molar-refractivity contribution in [1.29, 1.82) is 0 Å². The molecule has 2 aliphatic rings. The van der Waals surface area contributed by atoms with Gasteiger partial charge in [0.1, 0.15) is 0 Å². The summed E-state index contributed by atoms with van der Waals surface area (Å²) in [6, 6.07) is 25.4. The zero-order chi connectivity index (χ0) is 33.1. The molecule has 0 bridgehead atoms. The summed E-state index contributed by atoms with van der Waals surface area (Å²) in [5.41, 5.74) is 0.0469. The number of rotatable bonds is 11. The van der Waals surface area contributed by atoms with Crippen LogP contribution < -0.4 is 5.32 Å². The lowest BCUT2D eigenvalue weighted by atomic mass is 9.51. The Hall–Kier alpha value is -2.94. The van der Waals surface area contributed by atoms with Gasteiger partial charge >= 0.3 is 11.9 Å². The predicted octanol–water partition coefficient (Wildman–Crippen LogP) is 7.11. The van der Waals surface area contributed by atoms with Crippen LogP contribution in [0.4, 0.5) is 0 Å². The third kappa shape index (κ3) is 6.09. The average molecular weight is 668 g/mol. The van der Waals surface area contributed by atoms with E-state index < -0.39 is 40.8 Å². The first kappa shape index (κ1) is 34.4. The molecule has 0 aromatic heterocycles. The van der Waals surface area contributed by atoms with Gasteiger partial charge in [-0.15, -0.1) is 0 Å². The zero-order valence-electron chi connectivity index (χ0n) is 26.7. The van der Waals surface area contributed by atoms with Gasteiger partial charge in [-0.25, -0.2) is 0 Å². The number of benzene rings is 3. The molecule has 2 saturated heterocycles. The normalized spacial score (nSPS) is 28.1. The van der Waals surface area contributed by atoms with Gasteiger partial charge in [0.05, 0.1) is 27.5 Å². The molecular weight excluding hydrogens is 623 g/mol. The molecule has 9 heteroatoms. The van der Waals surface area contributed by atoms with Gasteiger partial charge in [-0.05, 0) is 75.9 Å². The summed E-state index contributed by atoms with van der Waals surface area (Å²) in [5, 5.41) is 25.1. The monoisotopic (exact) mass is 666 g/mol. The molecule has 2 aliphatic heterocycles. The molecule has 46 heavy (non-hydrogen) atoms. The molecule has 0 amide bonds. The van der Waals surface area contributed by atoms with Crippen LogP contribution in [0.25, 0.3) is 0 Å². The smallest absolute Gasteiger partial charge is 0.311 e. The van der Waals surface area contributed by atoms with Gasteiger partial charge in [0.2, 0.25) is 0 Å². The third-order valence-corrected chi connectivity index (χ3v) is 11.8. The Morgan fingerprint density at radius 3 is 1.98 bits per heavy atom. The summed E-state index contributed by atoms with van der Waals surface area (Å²) in [6.07, 6.45) is 2.07. The van der Waals surface area contributed by atoms with Gasteiger partial charge in [-0.2, -0.15) is 0 Å². The lowest BCUT2D eigenvalue weighted by molar-refractivity contribution is -0.172. The minimum Gasteiger partial charge on any atom is -0.481 e. The predicted molar refractivity (Wildman–Crippen MR) is 182 cm³/mol. The number of halogens is 2. The maximum Gasteiger partial charge on any atom is 0.311 e. The number of ether oxygens (including phenoxy) is 1. The summed E-state index contributed by atoms with van der Waals surface area (Å²) in [6.45, 7) is 8.33. The molecule has 2 heterocycles. The SMILES string of the molecule is CC1N[C@H](C)C(C)(C(=O)O)C(c2cccc(Cl)c2Cl)C1(CCOCCN1CCC(c2ccccc2)(c2ccccc2)CC1)C(=O)O. The van der Waals surface area contributed by atoms with Gasteiger partial charge < -0.3 is 25.2 Å². The van der Waals surface area contributed by atoms with E-state index in [1.807, 2.05) is 0 Å². The molecule has 4 unspecified atom stereocenters. The second kappa shape index (κ2) is 14.0. The van der Waals surface area contributed by atoms with E-state index in [1.165, 1.54) is 11.1 Å². The maximum atomic E-state index is 13.3. The van der Waals surface area contributed by atoms with Crippen molar-refractivity contribution >= 4 is 35.1 Å². The van der Waals surface area contributed by atoms with Crippen LogP contribution in [0.1, 0.15) is 62.6 Å². The standard InChI is InChI=1S/C37H44Cl2N2O5/c1-25-35(3,33(42)43)32(29-15-10-16-30(38)31(29)39)37(34(44)45,26(2)40-25)19-23-46-24-22-41-20-17-36(18-21-41,27-11-6-4-7-12-27)28-13-8-5-9-14-28/h4-16,25-26,32,40H,17-24H2,1-3H3,(H,42,43)(H,44,45)/t25-,26?,32?,35?,37?/m1/s1. The lowest BCUT2D eigenvalue weighted by Crippen LogP contribution is -2.69. The molecule has 246 valence electrons. The Bertz CT molecular complexity index is 1470. The lowest BCUT2D eigenvalue weighted by Gasteiger charge is -2.56. The van der Waals surface area contributed by atoms with Crippen LogP contribution in [-0.4, -0.2) is 72.0 Å². The first-order chi connectivity index (χ1) is 22.0. The molecule has 0 aliphatic carbocycles. The number of nitrogens with one attached hydrogen (secondary N) is 1. The van der Waals surface area contributed by atoms with Gasteiger partial charge in [-0.3, -0.25) is 9.59 Å². The van der Waals surface area contributed by atoms with Crippen LogP contribution in [-0.2, 0) is 19.7 Å². The zero-order valence-corrected chi connectivity index (χ0v) is 28.2. The molecule has 3 aromatic carbocycles. The van der Waals surface area contributed by atoms with Crippen molar-refractivity contribution in [2.45, 2.75) is 63.5 Å². The molecule has 0 radical (unpaired) electrons. The Morgan fingerprint density at radius 1 is 0.848 bits per heavy atom. The first-order valence-electron chi connectivity index (χ1n) is 16.1. The van der Waals surface area contributed by atoms with Gasteiger partial charge in [0.25, 0.3) is 0 Å². The molecule has 5 rings (SSSR count). The van der Waals surface area contributed by atoms with E-state index in [9.17, 15) is 19.8 Å². The number of carboxylic acids is 2. The molecular formula is C37H44Cl2N2O5. The van der Waals surface area contributed by atoms with Crippen LogP contribution in [0.2, 0.25) is 10.0 Å². The fourth-order valence-corrected chi connectivity index (χ4v) is 8.53. The number of piperidine rings is 2. The Labute approximate surface area is 281 Å². The van der Waals surface area contributed by atoms with E-state index in [0.29, 0.717) is 12.2 Å². The number of likely N-dealkylation sites (tertiary alicyclic amines) is 1. The minimum absolute atomic E-state index is 0.0393. The highest BCUT2D eigenvalue weighted by Gasteiger charge is 2.65. The summed E-state index contributed by atoms with van der Waals surface area (Å²) >= 11 is 13.1. The van der Waals surface area contributed by atoms with E-state index >= 15 is 0 Å². The molecule has 5 atom stereocenters. The summed E-state index contributed by atoms with van der Waals surface area (Å²) < 4.78 is 6.14. The van der Waals surface area contributed by atoms with Crippen molar-refractivity contribution in [3.05, 3.63) is 106 Å². The summed E-state index contributed by atoms with van der Waals surface area (Å²) in [5.74, 6) is -3.16. The number of nitrogens with zero attached hydrogens (tertiary/aromatic N) is 1. The molecule has 0 saturated carbocycles. The highest BCUT2D eigenvalue weighted by atomic mass is 35.5. The molecule has 0 spiro atoms. The molecule has 3 aromatic rings. The second-order valence-electron chi connectivity index (χ2n) is 13.1. The Balaban J connectivity index is 1.29. The van der Waals surface area contributed by atoms with Crippen molar-refractivity contribution in [1.82, 2.24) is 10.2 Å². The van der Waals surface area contributed by atoms with Crippen LogP contribution in [0.3, 0.4) is 0 Å². The Morgan fingerprint density at radius 2 is 1.43 bits per heavy atom. The van der Waals surface area contributed by atoms with Crippen LogP contribution >= 0.6 is 23.2 Å². The maximum absolute atomic E-state index is 13.3. The van der Waals surface area contributed by atoms with Crippen LogP contribution in [0, 0.1) is 10.8 Å². The summed E-state index contributed by atoms with van der Waals surface area (Å²) in [7, 11) is 0. The highest BCUT2D eigenvalue weighted by molar-refractivity contribution is 6.42. The van der Waals surface area contributed by atoms with Crippen LogP contribution in [0.15, 0.2) is 78.9 Å². The minimum atomic E-state index is -1.52. The van der Waals surface area contributed by atoms with E-state index in [2.05, 4.69) is 70.9 Å². The second-order valence-corrected chi connectivity index (χ2v) is 13.9. The average Bonchev–Trinajstić information content (AvgIpc) is 3.05. The fraction of sp³-hybridized carbons (Fsp3) is 0.459. The number of carbonyl (C=O) groups is 2. The molecule has 7 nitrogen and oxygen atoms in total. The topological polar surface area (TPSA) is 99.1 Å². The van der Waals surface area contributed by atoms with Gasteiger partial charge in [-0.1, -0.05) is 96.0 Å². The van der Waals surface area contributed by atoms with Gasteiger partial charge in [0.15, 0.2) is 0 Å². The fourth-order valence-electron chi connectivity index (χ4n) is 8.11. The van der Waals surface area contributed by atoms with Crippen molar-refractivity contribution in [3.63, 3.8) is 0 Å². The van der Waals surface area contributed by atoms with Crippen LogP contribution in [0.5, 0.6) is 0 Å². The highest BCUT2D eigenvalue weighted by Crippen LogP contribution is 2.58. The number of aliphatic carboxylic acids is 2. The number of hydrogen-bond acceptors (Lipinski definition) is 5. The van der Waals surface area contributed by atoms with E-state index in [4.69, 9.17) is 27.9 Å².